The Morgan fingerprint density at radius 2 is 2.25 bits per heavy atom. The molecule has 1 saturated carbocycles. The van der Waals surface area contributed by atoms with E-state index < -0.39 is 0 Å². The van der Waals surface area contributed by atoms with Crippen LogP contribution in [-0.2, 0) is 10.3 Å². The van der Waals surface area contributed by atoms with Crippen LogP contribution in [0.25, 0.3) is 0 Å². The molecule has 1 aliphatic heterocycles. The fourth-order valence-corrected chi connectivity index (χ4v) is 3.12. The molecule has 110 valence electrons. The van der Waals surface area contributed by atoms with E-state index >= 15 is 0 Å². The van der Waals surface area contributed by atoms with Crippen molar-refractivity contribution in [3.63, 3.8) is 0 Å². The van der Waals surface area contributed by atoms with Crippen molar-refractivity contribution in [2.75, 3.05) is 11.9 Å². The van der Waals surface area contributed by atoms with Crippen LogP contribution in [0.5, 0.6) is 0 Å². The van der Waals surface area contributed by atoms with Crippen LogP contribution in [0.2, 0.25) is 0 Å². The summed E-state index contributed by atoms with van der Waals surface area (Å²) in [5.74, 6) is 0.776. The molecule has 6 nitrogen and oxygen atoms in total. The third-order valence-corrected chi connectivity index (χ3v) is 4.31. The maximum absolute atomic E-state index is 12.4. The first-order valence-electron chi connectivity index (χ1n) is 7.11. The smallest absolute Gasteiger partial charge is 0.293 e. The predicted octanol–water partition coefficient (Wildman–Crippen LogP) is 0.525. The Balaban J connectivity index is 1.84. The lowest BCUT2D eigenvalue weighted by Gasteiger charge is -2.45. The van der Waals surface area contributed by atoms with Gasteiger partial charge < -0.3 is 20.4 Å². The Kier molecular flexibility index (Phi) is 3.10. The van der Waals surface area contributed by atoms with E-state index in [-0.39, 0.29) is 29.3 Å². The number of rotatable bonds is 2. The van der Waals surface area contributed by atoms with Gasteiger partial charge in [0, 0.05) is 36.5 Å². The molecule has 4 unspecified atom stereocenters. The molecule has 2 fully saturated rings. The van der Waals surface area contributed by atoms with Crippen molar-refractivity contribution >= 4 is 5.82 Å². The molecular weight excluding hydrogens is 256 g/mol. The largest absolute Gasteiger partial charge is 0.376 e. The van der Waals surface area contributed by atoms with Gasteiger partial charge in [0.05, 0.1) is 12.1 Å². The predicted molar refractivity (Wildman–Crippen MR) is 76.7 cm³/mol. The van der Waals surface area contributed by atoms with E-state index in [4.69, 9.17) is 10.5 Å². The molecule has 4 atom stereocenters. The lowest BCUT2D eigenvalue weighted by atomic mass is 9.72. The zero-order valence-corrected chi connectivity index (χ0v) is 12.2. The first-order chi connectivity index (χ1) is 9.39. The van der Waals surface area contributed by atoms with Crippen LogP contribution in [0.3, 0.4) is 0 Å². The van der Waals surface area contributed by atoms with Gasteiger partial charge >= 0.3 is 0 Å². The van der Waals surface area contributed by atoms with E-state index in [9.17, 15) is 4.79 Å². The highest BCUT2D eigenvalue weighted by Crippen LogP contribution is 2.38. The molecule has 0 amide bonds. The summed E-state index contributed by atoms with van der Waals surface area (Å²) in [4.78, 5) is 16.6. The molecule has 2 aliphatic rings. The Labute approximate surface area is 118 Å². The summed E-state index contributed by atoms with van der Waals surface area (Å²) in [6, 6.07) is 0.0190. The van der Waals surface area contributed by atoms with Gasteiger partial charge in [-0.2, -0.15) is 0 Å². The van der Waals surface area contributed by atoms with Crippen LogP contribution >= 0.6 is 0 Å². The average Bonchev–Trinajstić information content (AvgIpc) is 2.80. The molecule has 1 aromatic heterocycles. The van der Waals surface area contributed by atoms with Gasteiger partial charge in [-0.3, -0.25) is 4.79 Å². The fraction of sp³-hybridized carbons (Fsp3) is 0.714. The Hall–Kier alpha value is -1.40. The molecule has 3 rings (SSSR count). The van der Waals surface area contributed by atoms with Crippen LogP contribution in [0.4, 0.5) is 5.82 Å². The molecule has 1 aromatic rings. The van der Waals surface area contributed by atoms with Crippen LogP contribution in [0.15, 0.2) is 17.2 Å². The highest BCUT2D eigenvalue weighted by atomic mass is 16.5. The number of ether oxygens (including phenoxy) is 1. The Bertz CT molecular complexity index is 563. The van der Waals surface area contributed by atoms with Gasteiger partial charge in [-0.25, -0.2) is 4.98 Å². The monoisotopic (exact) mass is 278 g/mol. The van der Waals surface area contributed by atoms with Crippen LogP contribution < -0.4 is 16.6 Å². The molecule has 0 bridgehead atoms. The van der Waals surface area contributed by atoms with Crippen LogP contribution in [0.1, 0.15) is 27.2 Å². The number of anilines is 1. The number of hydrogen-bond acceptors (Lipinski definition) is 5. The van der Waals surface area contributed by atoms with Crippen molar-refractivity contribution in [2.24, 2.45) is 11.7 Å². The van der Waals surface area contributed by atoms with Gasteiger partial charge in [-0.1, -0.05) is 0 Å². The molecule has 1 saturated heterocycles. The first-order valence-corrected chi connectivity index (χ1v) is 7.11. The number of nitrogens with zero attached hydrogens (tertiary/aromatic N) is 2. The normalized spacial score (nSPS) is 32.6. The summed E-state index contributed by atoms with van der Waals surface area (Å²) in [5.41, 5.74) is 5.76. The molecule has 6 heteroatoms. The van der Waals surface area contributed by atoms with Gasteiger partial charge in [-0.15, -0.1) is 0 Å². The van der Waals surface area contributed by atoms with Crippen molar-refractivity contribution in [2.45, 2.75) is 50.9 Å². The summed E-state index contributed by atoms with van der Waals surface area (Å²) in [6.45, 7) is 6.73. The summed E-state index contributed by atoms with van der Waals surface area (Å²) < 4.78 is 7.35. The van der Waals surface area contributed by atoms with Crippen molar-refractivity contribution < 1.29 is 4.74 Å². The van der Waals surface area contributed by atoms with Crippen molar-refractivity contribution in [1.29, 1.82) is 0 Å². The average molecular weight is 278 g/mol. The number of aromatic nitrogens is 2. The highest BCUT2D eigenvalue weighted by molar-refractivity contribution is 5.36. The molecule has 1 aliphatic carbocycles. The standard InChI is InChI=1S/C14H22N4O2/c1-14(2,3)18-6-5-16-12(13(18)19)17-10-9(15)8-4-7-20-11(8)10/h5-6,8-11H,4,7,15H2,1-3H3,(H,16,17). The summed E-state index contributed by atoms with van der Waals surface area (Å²) in [6.07, 6.45) is 4.49. The van der Waals surface area contributed by atoms with Crippen molar-refractivity contribution in [1.82, 2.24) is 9.55 Å². The summed E-state index contributed by atoms with van der Waals surface area (Å²) >= 11 is 0. The SMILES string of the molecule is CC(C)(C)n1ccnc(NC2C(N)C3CCOC32)c1=O. The van der Waals surface area contributed by atoms with E-state index in [0.29, 0.717) is 11.7 Å². The molecule has 2 heterocycles. The molecule has 3 N–H and O–H groups in total. The number of fused-ring (bicyclic) bond motifs is 1. The summed E-state index contributed by atoms with van der Waals surface area (Å²) in [7, 11) is 0. The zero-order valence-electron chi connectivity index (χ0n) is 12.2. The molecule has 0 radical (unpaired) electrons. The maximum Gasteiger partial charge on any atom is 0.293 e. The van der Waals surface area contributed by atoms with Crippen LogP contribution in [0, 0.1) is 5.92 Å². The van der Waals surface area contributed by atoms with Gasteiger partial charge in [0.1, 0.15) is 0 Å². The lowest BCUT2D eigenvalue weighted by molar-refractivity contribution is 0.00516. The zero-order chi connectivity index (χ0) is 14.5. The van der Waals surface area contributed by atoms with Gasteiger partial charge in [-0.05, 0) is 27.2 Å². The summed E-state index contributed by atoms with van der Waals surface area (Å²) in [5, 5.41) is 3.19. The minimum Gasteiger partial charge on any atom is -0.376 e. The van der Waals surface area contributed by atoms with Crippen molar-refractivity contribution in [3.8, 4) is 0 Å². The van der Waals surface area contributed by atoms with Gasteiger partial charge in [0.2, 0.25) is 0 Å². The highest BCUT2D eigenvalue weighted by Gasteiger charge is 2.52. The topological polar surface area (TPSA) is 82.2 Å². The van der Waals surface area contributed by atoms with E-state index in [1.165, 1.54) is 0 Å². The molecule has 0 spiro atoms. The van der Waals surface area contributed by atoms with E-state index in [1.54, 1.807) is 17.0 Å². The third-order valence-electron chi connectivity index (χ3n) is 4.31. The number of nitrogens with two attached hydrogens (primary N) is 1. The Morgan fingerprint density at radius 1 is 1.50 bits per heavy atom. The third kappa shape index (κ3) is 2.03. The second kappa shape index (κ2) is 4.56. The quantitative estimate of drug-likeness (QED) is 0.824. The minimum atomic E-state index is -0.273. The Morgan fingerprint density at radius 3 is 2.95 bits per heavy atom. The first kappa shape index (κ1) is 13.6. The van der Waals surface area contributed by atoms with E-state index in [2.05, 4.69) is 10.3 Å². The van der Waals surface area contributed by atoms with Crippen LogP contribution in [-0.4, -0.2) is 34.3 Å². The fourth-order valence-electron chi connectivity index (χ4n) is 3.12. The van der Waals surface area contributed by atoms with E-state index in [0.717, 1.165) is 13.0 Å². The number of nitrogens with one attached hydrogen (secondary N) is 1. The number of hydrogen-bond donors (Lipinski definition) is 2. The van der Waals surface area contributed by atoms with Crippen molar-refractivity contribution in [3.05, 3.63) is 22.7 Å². The molecule has 0 aromatic carbocycles. The second-order valence-electron chi connectivity index (χ2n) is 6.66. The molecule has 20 heavy (non-hydrogen) atoms. The minimum absolute atomic E-state index is 0.0153. The lowest BCUT2D eigenvalue weighted by Crippen LogP contribution is -2.66. The van der Waals surface area contributed by atoms with Gasteiger partial charge in [0.15, 0.2) is 5.82 Å². The van der Waals surface area contributed by atoms with Gasteiger partial charge in [0.25, 0.3) is 5.56 Å². The maximum atomic E-state index is 12.4. The molecular formula is C14H22N4O2. The second-order valence-corrected chi connectivity index (χ2v) is 6.66. The van der Waals surface area contributed by atoms with E-state index in [1.807, 2.05) is 20.8 Å².